The van der Waals surface area contributed by atoms with Crippen molar-refractivity contribution in [2.75, 3.05) is 10.6 Å². The van der Waals surface area contributed by atoms with Gasteiger partial charge in [-0.15, -0.1) is 0 Å². The standard InChI is InChI=1S/C27H28FN3O2/c28-20-9-12-25-19(15-20)16-21(31(25)17-18-5-2-1-3-6-18)10-13-26(32)29-23-7-4-8-24-22(23)11-14-27(33)30-24/h4,7-10,12-13,15-16,18H,1-3,5-6,11,14,17H2,(H,29,32)(H,30,33)/b13-10+. The van der Waals surface area contributed by atoms with Crippen molar-refractivity contribution < 1.29 is 14.0 Å². The summed E-state index contributed by atoms with van der Waals surface area (Å²) in [4.78, 5) is 24.4. The molecule has 6 heteroatoms. The summed E-state index contributed by atoms with van der Waals surface area (Å²) in [6, 6.07) is 12.3. The van der Waals surface area contributed by atoms with Crippen molar-refractivity contribution in [2.45, 2.75) is 51.5 Å². The smallest absolute Gasteiger partial charge is 0.248 e. The molecule has 2 aliphatic rings. The highest BCUT2D eigenvalue weighted by Gasteiger charge is 2.19. The first-order valence-electron chi connectivity index (χ1n) is 11.8. The second kappa shape index (κ2) is 9.22. The van der Waals surface area contributed by atoms with Gasteiger partial charge in [0.1, 0.15) is 5.82 Å². The Morgan fingerprint density at radius 1 is 1.12 bits per heavy atom. The number of nitrogens with zero attached hydrogens (tertiary/aromatic N) is 1. The van der Waals surface area contributed by atoms with E-state index >= 15 is 0 Å². The van der Waals surface area contributed by atoms with Crippen molar-refractivity contribution in [1.82, 2.24) is 4.57 Å². The first kappa shape index (κ1) is 21.4. The van der Waals surface area contributed by atoms with Crippen LogP contribution in [0.3, 0.4) is 0 Å². The van der Waals surface area contributed by atoms with Crippen molar-refractivity contribution in [2.24, 2.45) is 5.92 Å². The fraction of sp³-hybridized carbons (Fsp3) is 0.333. The van der Waals surface area contributed by atoms with Gasteiger partial charge in [-0.05, 0) is 73.2 Å². The monoisotopic (exact) mass is 445 g/mol. The van der Waals surface area contributed by atoms with Gasteiger partial charge in [0.05, 0.1) is 0 Å². The Balaban J connectivity index is 1.38. The Morgan fingerprint density at radius 3 is 2.82 bits per heavy atom. The highest BCUT2D eigenvalue weighted by atomic mass is 19.1. The molecule has 170 valence electrons. The number of rotatable bonds is 5. The maximum absolute atomic E-state index is 13.8. The van der Waals surface area contributed by atoms with E-state index in [1.54, 1.807) is 6.07 Å². The minimum atomic E-state index is -0.258. The zero-order valence-corrected chi connectivity index (χ0v) is 18.6. The Hall–Kier alpha value is -3.41. The van der Waals surface area contributed by atoms with E-state index < -0.39 is 0 Å². The number of hydrogen-bond donors (Lipinski definition) is 2. The van der Waals surface area contributed by atoms with E-state index in [1.165, 1.54) is 44.2 Å². The zero-order valence-electron chi connectivity index (χ0n) is 18.6. The number of carbonyl (C=O) groups is 2. The molecular formula is C27H28FN3O2. The molecule has 2 amide bonds. The molecule has 5 nitrogen and oxygen atoms in total. The number of nitrogens with one attached hydrogen (secondary N) is 2. The summed E-state index contributed by atoms with van der Waals surface area (Å²) < 4.78 is 16.1. The number of amides is 2. The van der Waals surface area contributed by atoms with E-state index in [0.717, 1.165) is 34.4 Å². The number of carbonyl (C=O) groups excluding carboxylic acids is 2. The van der Waals surface area contributed by atoms with Crippen LogP contribution in [0.1, 0.15) is 49.8 Å². The van der Waals surface area contributed by atoms with Gasteiger partial charge in [-0.1, -0.05) is 25.3 Å². The van der Waals surface area contributed by atoms with Crippen LogP contribution in [0, 0.1) is 11.7 Å². The van der Waals surface area contributed by atoms with Gasteiger partial charge < -0.3 is 15.2 Å². The lowest BCUT2D eigenvalue weighted by molar-refractivity contribution is -0.116. The molecular weight excluding hydrogens is 417 g/mol. The third kappa shape index (κ3) is 4.70. The van der Waals surface area contributed by atoms with Gasteiger partial charge in [-0.2, -0.15) is 0 Å². The predicted octanol–water partition coefficient (Wildman–Crippen LogP) is 5.90. The van der Waals surface area contributed by atoms with Crippen LogP contribution in [0.5, 0.6) is 0 Å². The van der Waals surface area contributed by atoms with E-state index in [9.17, 15) is 14.0 Å². The minimum absolute atomic E-state index is 0.00639. The van der Waals surface area contributed by atoms with Crippen LogP contribution in [-0.2, 0) is 22.6 Å². The molecule has 0 unspecified atom stereocenters. The van der Waals surface area contributed by atoms with Crippen molar-refractivity contribution >= 4 is 40.2 Å². The summed E-state index contributed by atoms with van der Waals surface area (Å²) in [6.07, 6.45) is 10.6. The molecule has 1 aliphatic carbocycles. The van der Waals surface area contributed by atoms with E-state index in [2.05, 4.69) is 15.2 Å². The zero-order chi connectivity index (χ0) is 22.8. The molecule has 2 aromatic carbocycles. The Kier molecular flexibility index (Phi) is 5.99. The number of anilines is 2. The van der Waals surface area contributed by atoms with E-state index in [4.69, 9.17) is 0 Å². The third-order valence-corrected chi connectivity index (χ3v) is 6.78. The molecule has 1 aromatic heterocycles. The Bertz CT molecular complexity index is 1240. The number of aromatic nitrogens is 1. The summed E-state index contributed by atoms with van der Waals surface area (Å²) in [5, 5.41) is 6.65. The molecule has 1 fully saturated rings. The van der Waals surface area contributed by atoms with Crippen LogP contribution in [0.4, 0.5) is 15.8 Å². The van der Waals surface area contributed by atoms with Crippen molar-refractivity contribution in [1.29, 1.82) is 0 Å². The minimum Gasteiger partial charge on any atom is -0.341 e. The summed E-state index contributed by atoms with van der Waals surface area (Å²) in [5.74, 6) is 0.104. The number of fused-ring (bicyclic) bond motifs is 2. The fourth-order valence-electron chi connectivity index (χ4n) is 5.11. The number of hydrogen-bond acceptors (Lipinski definition) is 2. The van der Waals surface area contributed by atoms with Crippen LogP contribution in [0.2, 0.25) is 0 Å². The number of halogens is 1. The van der Waals surface area contributed by atoms with Crippen LogP contribution in [-0.4, -0.2) is 16.4 Å². The summed E-state index contributed by atoms with van der Waals surface area (Å²) >= 11 is 0. The highest BCUT2D eigenvalue weighted by Crippen LogP contribution is 2.31. The quantitative estimate of drug-likeness (QED) is 0.481. The average molecular weight is 446 g/mol. The Morgan fingerprint density at radius 2 is 1.97 bits per heavy atom. The van der Waals surface area contributed by atoms with Gasteiger partial charge in [-0.3, -0.25) is 9.59 Å². The van der Waals surface area contributed by atoms with Gasteiger partial charge in [0.2, 0.25) is 11.8 Å². The molecule has 0 bridgehead atoms. The normalized spacial score (nSPS) is 16.7. The summed E-state index contributed by atoms with van der Waals surface area (Å²) in [7, 11) is 0. The molecule has 0 radical (unpaired) electrons. The molecule has 0 spiro atoms. The third-order valence-electron chi connectivity index (χ3n) is 6.78. The molecule has 5 rings (SSSR count). The van der Waals surface area contributed by atoms with Gasteiger partial charge in [0, 0.05) is 47.0 Å². The van der Waals surface area contributed by atoms with Crippen molar-refractivity contribution in [3.05, 3.63) is 65.6 Å². The number of benzene rings is 2. The summed E-state index contributed by atoms with van der Waals surface area (Å²) in [5.41, 5.74) is 4.31. The maximum atomic E-state index is 13.8. The molecule has 0 saturated heterocycles. The maximum Gasteiger partial charge on any atom is 0.248 e. The summed E-state index contributed by atoms with van der Waals surface area (Å²) in [6.45, 7) is 0.877. The lowest BCUT2D eigenvalue weighted by Gasteiger charge is -2.23. The lowest BCUT2D eigenvalue weighted by atomic mass is 9.89. The average Bonchev–Trinajstić information content (AvgIpc) is 3.14. The van der Waals surface area contributed by atoms with Crippen molar-refractivity contribution in [3.8, 4) is 0 Å². The van der Waals surface area contributed by atoms with Gasteiger partial charge >= 0.3 is 0 Å². The molecule has 33 heavy (non-hydrogen) atoms. The molecule has 2 N–H and O–H groups in total. The van der Waals surface area contributed by atoms with Crippen LogP contribution >= 0.6 is 0 Å². The fourth-order valence-corrected chi connectivity index (χ4v) is 5.11. The predicted molar refractivity (Wildman–Crippen MR) is 130 cm³/mol. The van der Waals surface area contributed by atoms with Crippen molar-refractivity contribution in [3.63, 3.8) is 0 Å². The molecule has 0 atom stereocenters. The lowest BCUT2D eigenvalue weighted by Crippen LogP contribution is -2.21. The molecule has 1 aliphatic heterocycles. The molecule has 3 aromatic rings. The first-order valence-corrected chi connectivity index (χ1v) is 11.8. The SMILES string of the molecule is O=C(/C=C/c1cc2cc(F)ccc2n1CC1CCCCC1)Nc1cccc2c1CCC(=O)N2. The van der Waals surface area contributed by atoms with Crippen LogP contribution < -0.4 is 10.6 Å². The molecule has 2 heterocycles. The van der Waals surface area contributed by atoms with Crippen LogP contribution in [0.25, 0.3) is 17.0 Å². The highest BCUT2D eigenvalue weighted by molar-refractivity contribution is 6.04. The second-order valence-corrected chi connectivity index (χ2v) is 9.09. The van der Waals surface area contributed by atoms with E-state index in [-0.39, 0.29) is 17.6 Å². The largest absolute Gasteiger partial charge is 0.341 e. The van der Waals surface area contributed by atoms with Crippen LogP contribution in [0.15, 0.2) is 48.5 Å². The van der Waals surface area contributed by atoms with Gasteiger partial charge in [0.15, 0.2) is 0 Å². The van der Waals surface area contributed by atoms with Gasteiger partial charge in [0.25, 0.3) is 0 Å². The second-order valence-electron chi connectivity index (χ2n) is 9.09. The first-order chi connectivity index (χ1) is 16.1. The molecule has 1 saturated carbocycles. The van der Waals surface area contributed by atoms with E-state index in [0.29, 0.717) is 24.4 Å². The van der Waals surface area contributed by atoms with E-state index in [1.807, 2.05) is 36.4 Å². The van der Waals surface area contributed by atoms with Gasteiger partial charge in [-0.25, -0.2) is 4.39 Å². The Labute approximate surface area is 192 Å². The topological polar surface area (TPSA) is 63.1 Å².